The minimum absolute atomic E-state index is 0.00707. The average Bonchev–Trinajstić information content (AvgIpc) is 2.40. The van der Waals surface area contributed by atoms with Crippen molar-refractivity contribution in [1.82, 2.24) is 5.32 Å². The topological polar surface area (TPSA) is 82.3 Å². The van der Waals surface area contributed by atoms with Crippen molar-refractivity contribution in [2.45, 2.75) is 26.8 Å². The summed E-state index contributed by atoms with van der Waals surface area (Å²) in [6.07, 6.45) is 1.47. The number of aromatic hydroxyl groups is 1. The molecular formula is C15H17IN2O3. The Labute approximate surface area is 137 Å². The summed E-state index contributed by atoms with van der Waals surface area (Å²) >= 11 is 1.97. The Morgan fingerprint density at radius 3 is 2.76 bits per heavy atom. The Kier molecular flexibility index (Phi) is 6.49. The first kappa shape index (κ1) is 17.3. The van der Waals surface area contributed by atoms with E-state index in [-0.39, 0.29) is 17.4 Å². The van der Waals surface area contributed by atoms with E-state index < -0.39 is 5.91 Å². The monoisotopic (exact) mass is 400 g/mol. The van der Waals surface area contributed by atoms with Gasteiger partial charge in [-0.15, -0.1) is 0 Å². The highest BCUT2D eigenvalue weighted by atomic mass is 127. The van der Waals surface area contributed by atoms with Gasteiger partial charge in [0.05, 0.1) is 10.2 Å². The standard InChI is InChI=1S/C15H17IN2O3/c1-4-21-13-7-10(6-12(16)14(13)19)5-11(8-17)15(20)18-9(2)3/h5-7,9,19H,4H2,1-3H3,(H,18,20)/b11-5+. The van der Waals surface area contributed by atoms with Crippen molar-refractivity contribution in [3.05, 3.63) is 26.8 Å². The normalized spacial score (nSPS) is 11.1. The molecule has 0 heterocycles. The van der Waals surface area contributed by atoms with Gasteiger partial charge in [0, 0.05) is 6.04 Å². The second kappa shape index (κ2) is 7.88. The summed E-state index contributed by atoms with van der Waals surface area (Å²) in [6, 6.07) is 5.11. The molecule has 0 spiro atoms. The van der Waals surface area contributed by atoms with E-state index in [0.717, 1.165) is 0 Å². The Bertz CT molecular complexity index is 604. The van der Waals surface area contributed by atoms with Crippen LogP contribution in [-0.4, -0.2) is 23.7 Å². The molecule has 1 aromatic carbocycles. The lowest BCUT2D eigenvalue weighted by atomic mass is 10.1. The molecule has 1 amide bonds. The number of nitriles is 1. The molecule has 1 aromatic rings. The molecule has 0 aliphatic rings. The van der Waals surface area contributed by atoms with Gasteiger partial charge in [0.1, 0.15) is 11.6 Å². The molecule has 21 heavy (non-hydrogen) atoms. The Hall–Kier alpha value is -1.75. The van der Waals surface area contributed by atoms with E-state index in [1.807, 2.05) is 49.4 Å². The number of phenolic OH excluding ortho intramolecular Hbond substituents is 1. The lowest BCUT2D eigenvalue weighted by molar-refractivity contribution is -0.117. The third-order valence-corrected chi connectivity index (χ3v) is 3.27. The molecule has 0 unspecified atom stereocenters. The van der Waals surface area contributed by atoms with Gasteiger partial charge in [-0.1, -0.05) is 0 Å². The maximum absolute atomic E-state index is 11.9. The predicted octanol–water partition coefficient (Wildman–Crippen LogP) is 2.83. The summed E-state index contributed by atoms with van der Waals surface area (Å²) in [5.74, 6) is -0.0366. The van der Waals surface area contributed by atoms with E-state index >= 15 is 0 Å². The van der Waals surface area contributed by atoms with E-state index in [9.17, 15) is 9.90 Å². The Balaban J connectivity index is 3.17. The van der Waals surface area contributed by atoms with Crippen LogP contribution in [-0.2, 0) is 4.79 Å². The average molecular weight is 400 g/mol. The molecule has 0 saturated heterocycles. The molecule has 0 saturated carbocycles. The molecule has 112 valence electrons. The Morgan fingerprint density at radius 1 is 1.57 bits per heavy atom. The number of benzene rings is 1. The van der Waals surface area contributed by atoms with Crippen LogP contribution in [0.15, 0.2) is 17.7 Å². The van der Waals surface area contributed by atoms with Crippen LogP contribution >= 0.6 is 22.6 Å². The first-order valence-corrected chi connectivity index (χ1v) is 7.54. The molecule has 6 heteroatoms. The molecule has 0 bridgehead atoms. The van der Waals surface area contributed by atoms with E-state index in [0.29, 0.717) is 21.5 Å². The van der Waals surface area contributed by atoms with Crippen LogP contribution in [0.25, 0.3) is 6.08 Å². The van der Waals surface area contributed by atoms with Gasteiger partial charge < -0.3 is 15.2 Å². The molecule has 0 fully saturated rings. The summed E-state index contributed by atoms with van der Waals surface area (Å²) < 4.78 is 5.92. The van der Waals surface area contributed by atoms with Gasteiger partial charge in [-0.25, -0.2) is 0 Å². The highest BCUT2D eigenvalue weighted by Gasteiger charge is 2.12. The summed E-state index contributed by atoms with van der Waals surface area (Å²) in [7, 11) is 0. The SMILES string of the molecule is CCOc1cc(/C=C(\C#N)C(=O)NC(C)C)cc(I)c1O. The van der Waals surface area contributed by atoms with Crippen molar-refractivity contribution in [2.24, 2.45) is 0 Å². The quantitative estimate of drug-likeness (QED) is 0.453. The van der Waals surface area contributed by atoms with Crippen molar-refractivity contribution in [3.63, 3.8) is 0 Å². The van der Waals surface area contributed by atoms with Crippen LogP contribution in [0.4, 0.5) is 0 Å². The number of amides is 1. The summed E-state index contributed by atoms with van der Waals surface area (Å²) in [5.41, 5.74) is 0.628. The number of rotatable bonds is 5. The Morgan fingerprint density at radius 2 is 2.24 bits per heavy atom. The van der Waals surface area contributed by atoms with E-state index in [1.165, 1.54) is 6.08 Å². The second-order valence-electron chi connectivity index (χ2n) is 4.58. The highest BCUT2D eigenvalue weighted by molar-refractivity contribution is 14.1. The maximum atomic E-state index is 11.9. The molecule has 0 aliphatic carbocycles. The predicted molar refractivity (Wildman–Crippen MR) is 88.9 cm³/mol. The van der Waals surface area contributed by atoms with Gasteiger partial charge in [-0.3, -0.25) is 4.79 Å². The van der Waals surface area contributed by atoms with Crippen LogP contribution < -0.4 is 10.1 Å². The molecule has 1 rings (SSSR count). The zero-order valence-electron chi connectivity index (χ0n) is 12.1. The van der Waals surface area contributed by atoms with Crippen LogP contribution in [0.2, 0.25) is 0 Å². The molecule has 2 N–H and O–H groups in total. The first-order chi connectivity index (χ1) is 9.88. The van der Waals surface area contributed by atoms with Crippen LogP contribution in [0, 0.1) is 14.9 Å². The lowest BCUT2D eigenvalue weighted by Crippen LogP contribution is -2.30. The minimum Gasteiger partial charge on any atom is -0.504 e. The van der Waals surface area contributed by atoms with Gasteiger partial charge in [0.15, 0.2) is 11.5 Å². The number of ether oxygens (including phenoxy) is 1. The van der Waals surface area contributed by atoms with Crippen molar-refractivity contribution >= 4 is 34.6 Å². The largest absolute Gasteiger partial charge is 0.504 e. The third kappa shape index (κ3) is 4.93. The minimum atomic E-state index is -0.423. The third-order valence-electron chi connectivity index (χ3n) is 2.45. The lowest BCUT2D eigenvalue weighted by Gasteiger charge is -2.10. The van der Waals surface area contributed by atoms with E-state index in [2.05, 4.69) is 5.32 Å². The molecule has 0 aromatic heterocycles. The van der Waals surface area contributed by atoms with Crippen molar-refractivity contribution in [1.29, 1.82) is 5.26 Å². The molecule has 0 atom stereocenters. The highest BCUT2D eigenvalue weighted by Crippen LogP contribution is 2.33. The van der Waals surface area contributed by atoms with Gasteiger partial charge in [0.2, 0.25) is 0 Å². The molecule has 5 nitrogen and oxygen atoms in total. The zero-order valence-corrected chi connectivity index (χ0v) is 14.3. The fourth-order valence-electron chi connectivity index (χ4n) is 1.60. The van der Waals surface area contributed by atoms with Crippen LogP contribution in [0.5, 0.6) is 11.5 Å². The molecule has 0 radical (unpaired) electrons. The number of carbonyl (C=O) groups is 1. The van der Waals surface area contributed by atoms with Crippen LogP contribution in [0.1, 0.15) is 26.3 Å². The number of halogens is 1. The summed E-state index contributed by atoms with van der Waals surface area (Å²) in [5, 5.41) is 21.6. The fourth-order valence-corrected chi connectivity index (χ4v) is 2.22. The number of nitrogens with one attached hydrogen (secondary N) is 1. The van der Waals surface area contributed by atoms with Gasteiger partial charge in [0.25, 0.3) is 5.91 Å². The van der Waals surface area contributed by atoms with Gasteiger partial charge >= 0.3 is 0 Å². The number of hydrogen-bond acceptors (Lipinski definition) is 4. The van der Waals surface area contributed by atoms with Crippen LogP contribution in [0.3, 0.4) is 0 Å². The van der Waals surface area contributed by atoms with Crippen molar-refractivity contribution in [3.8, 4) is 17.6 Å². The zero-order chi connectivity index (χ0) is 16.0. The second-order valence-corrected chi connectivity index (χ2v) is 5.74. The first-order valence-electron chi connectivity index (χ1n) is 6.47. The van der Waals surface area contributed by atoms with Crippen molar-refractivity contribution < 1.29 is 14.6 Å². The maximum Gasteiger partial charge on any atom is 0.262 e. The number of hydrogen-bond donors (Lipinski definition) is 2. The number of phenols is 1. The molecular weight excluding hydrogens is 383 g/mol. The van der Waals surface area contributed by atoms with Crippen molar-refractivity contribution in [2.75, 3.05) is 6.61 Å². The summed E-state index contributed by atoms with van der Waals surface area (Å²) in [4.78, 5) is 11.9. The number of carbonyl (C=O) groups excluding carboxylic acids is 1. The van der Waals surface area contributed by atoms with E-state index in [4.69, 9.17) is 10.00 Å². The smallest absolute Gasteiger partial charge is 0.262 e. The van der Waals surface area contributed by atoms with E-state index in [1.54, 1.807) is 12.1 Å². The molecule has 0 aliphatic heterocycles. The summed E-state index contributed by atoms with van der Waals surface area (Å²) in [6.45, 7) is 5.87. The van der Waals surface area contributed by atoms with Gasteiger partial charge in [-0.05, 0) is 67.1 Å². The van der Waals surface area contributed by atoms with Gasteiger partial charge in [-0.2, -0.15) is 5.26 Å². The number of nitrogens with zero attached hydrogens (tertiary/aromatic N) is 1. The fraction of sp³-hybridized carbons (Fsp3) is 0.333.